The highest BCUT2D eigenvalue weighted by atomic mass is 79.9. The molecule has 0 saturated carbocycles. The van der Waals surface area contributed by atoms with E-state index in [2.05, 4.69) is 21.2 Å². The summed E-state index contributed by atoms with van der Waals surface area (Å²) >= 11 is 3.01. The Balaban J connectivity index is 2.09. The maximum atomic E-state index is 13.3. The van der Waals surface area contributed by atoms with Crippen molar-refractivity contribution in [3.8, 4) is 0 Å². The van der Waals surface area contributed by atoms with E-state index in [4.69, 9.17) is 0 Å². The molecule has 0 bridgehead atoms. The molecule has 0 aliphatic carbocycles. The minimum atomic E-state index is -0.530. The van der Waals surface area contributed by atoms with Crippen LogP contribution in [0.4, 0.5) is 10.1 Å². The van der Waals surface area contributed by atoms with E-state index in [1.54, 1.807) is 6.07 Å². The Morgan fingerprint density at radius 1 is 1.29 bits per heavy atom. The monoisotopic (exact) mass is 352 g/mol. The van der Waals surface area contributed by atoms with Gasteiger partial charge in [0.2, 0.25) is 0 Å². The lowest BCUT2D eigenvalue weighted by Crippen LogP contribution is -2.23. The molecule has 1 amide bonds. The second-order valence-electron chi connectivity index (χ2n) is 4.21. The van der Waals surface area contributed by atoms with Crippen molar-refractivity contribution in [1.29, 1.82) is 0 Å². The zero-order chi connectivity index (χ0) is 15.4. The number of nitrogens with one attached hydrogen (secondary N) is 1. The van der Waals surface area contributed by atoms with E-state index in [0.29, 0.717) is 5.56 Å². The van der Waals surface area contributed by atoms with Crippen LogP contribution in [0.3, 0.4) is 0 Å². The fourth-order valence-electron chi connectivity index (χ4n) is 1.74. The Morgan fingerprint density at radius 3 is 2.71 bits per heavy atom. The molecule has 2 aromatic carbocycles. The summed E-state index contributed by atoms with van der Waals surface area (Å²) in [5.74, 6) is -0.995. The van der Waals surface area contributed by atoms with Crippen LogP contribution in [0.15, 0.2) is 46.9 Å². The SMILES string of the molecule is O=C(NCc1cccc([N+](=O)[O-])c1)c1cccc(F)c1Br. The van der Waals surface area contributed by atoms with E-state index >= 15 is 0 Å². The normalized spacial score (nSPS) is 10.2. The van der Waals surface area contributed by atoms with Crippen molar-refractivity contribution in [2.24, 2.45) is 0 Å². The Labute approximate surface area is 128 Å². The van der Waals surface area contributed by atoms with Crippen molar-refractivity contribution in [3.63, 3.8) is 0 Å². The smallest absolute Gasteiger partial charge is 0.269 e. The van der Waals surface area contributed by atoms with Gasteiger partial charge in [-0.25, -0.2) is 4.39 Å². The first-order chi connectivity index (χ1) is 9.99. The van der Waals surface area contributed by atoms with Crippen molar-refractivity contribution in [1.82, 2.24) is 5.32 Å². The number of nitro groups is 1. The number of benzene rings is 2. The van der Waals surface area contributed by atoms with Gasteiger partial charge >= 0.3 is 0 Å². The van der Waals surface area contributed by atoms with E-state index < -0.39 is 16.6 Å². The van der Waals surface area contributed by atoms with Gasteiger partial charge in [-0.15, -0.1) is 0 Å². The number of nitrogens with zero attached hydrogens (tertiary/aromatic N) is 1. The fourth-order valence-corrected chi connectivity index (χ4v) is 2.18. The summed E-state index contributed by atoms with van der Waals surface area (Å²) in [5.41, 5.74) is 0.708. The van der Waals surface area contributed by atoms with Gasteiger partial charge in [0.05, 0.1) is 15.0 Å². The average molecular weight is 353 g/mol. The zero-order valence-corrected chi connectivity index (χ0v) is 12.3. The highest BCUT2D eigenvalue weighted by molar-refractivity contribution is 9.10. The van der Waals surface area contributed by atoms with Crippen LogP contribution in [0.25, 0.3) is 0 Å². The van der Waals surface area contributed by atoms with Gasteiger partial charge in [0.15, 0.2) is 0 Å². The van der Waals surface area contributed by atoms with Crippen molar-refractivity contribution in [3.05, 3.63) is 74.0 Å². The lowest BCUT2D eigenvalue weighted by molar-refractivity contribution is -0.384. The molecule has 108 valence electrons. The number of carbonyl (C=O) groups excluding carboxylic acids is 1. The van der Waals surface area contributed by atoms with Crippen LogP contribution >= 0.6 is 15.9 Å². The van der Waals surface area contributed by atoms with E-state index in [1.807, 2.05) is 0 Å². The van der Waals surface area contributed by atoms with Gasteiger partial charge in [-0.3, -0.25) is 14.9 Å². The quantitative estimate of drug-likeness (QED) is 0.676. The molecule has 2 rings (SSSR count). The molecule has 0 aromatic heterocycles. The molecule has 5 nitrogen and oxygen atoms in total. The molecule has 0 aliphatic rings. The Hall–Kier alpha value is -2.28. The first-order valence-corrected chi connectivity index (χ1v) is 6.74. The van der Waals surface area contributed by atoms with Gasteiger partial charge in [0, 0.05) is 18.7 Å². The Kier molecular flexibility index (Phi) is 4.64. The molecular formula is C14H10BrFN2O3. The predicted molar refractivity (Wildman–Crippen MR) is 78.4 cm³/mol. The van der Waals surface area contributed by atoms with Crippen LogP contribution in [0.1, 0.15) is 15.9 Å². The molecule has 0 heterocycles. The van der Waals surface area contributed by atoms with Gasteiger partial charge in [-0.05, 0) is 33.6 Å². The van der Waals surface area contributed by atoms with Crippen molar-refractivity contribution in [2.45, 2.75) is 6.54 Å². The van der Waals surface area contributed by atoms with E-state index in [9.17, 15) is 19.3 Å². The second-order valence-corrected chi connectivity index (χ2v) is 5.00. The predicted octanol–water partition coefficient (Wildman–Crippen LogP) is 3.43. The molecule has 0 radical (unpaired) electrons. The second kappa shape index (κ2) is 6.45. The largest absolute Gasteiger partial charge is 0.348 e. The molecule has 7 heteroatoms. The fraction of sp³-hybridized carbons (Fsp3) is 0.0714. The number of rotatable bonds is 4. The third-order valence-electron chi connectivity index (χ3n) is 2.77. The number of carbonyl (C=O) groups is 1. The molecule has 0 atom stereocenters. The minimum absolute atomic E-state index is 0.0475. The maximum absolute atomic E-state index is 13.3. The van der Waals surface area contributed by atoms with Crippen LogP contribution in [0.5, 0.6) is 0 Å². The lowest BCUT2D eigenvalue weighted by atomic mass is 10.1. The summed E-state index contributed by atoms with van der Waals surface area (Å²) in [6, 6.07) is 10.1. The molecule has 0 aliphatic heterocycles. The molecule has 1 N–H and O–H groups in total. The van der Waals surface area contributed by atoms with Gasteiger partial charge in [-0.1, -0.05) is 18.2 Å². The van der Waals surface area contributed by atoms with Crippen molar-refractivity contribution < 1.29 is 14.1 Å². The summed E-state index contributed by atoms with van der Waals surface area (Å²) in [4.78, 5) is 22.1. The van der Waals surface area contributed by atoms with Crippen LogP contribution in [-0.4, -0.2) is 10.8 Å². The van der Waals surface area contributed by atoms with Crippen LogP contribution < -0.4 is 5.32 Å². The number of halogens is 2. The summed E-state index contributed by atoms with van der Waals surface area (Å²) in [6.07, 6.45) is 0. The zero-order valence-electron chi connectivity index (χ0n) is 10.7. The molecular weight excluding hydrogens is 343 g/mol. The summed E-state index contributed by atoms with van der Waals surface area (Å²) < 4.78 is 13.4. The third-order valence-corrected chi connectivity index (χ3v) is 3.58. The minimum Gasteiger partial charge on any atom is -0.348 e. The number of hydrogen-bond donors (Lipinski definition) is 1. The number of hydrogen-bond acceptors (Lipinski definition) is 3. The van der Waals surface area contributed by atoms with Gasteiger partial charge in [-0.2, -0.15) is 0 Å². The molecule has 0 spiro atoms. The first-order valence-electron chi connectivity index (χ1n) is 5.94. The van der Waals surface area contributed by atoms with Gasteiger partial charge in [0.25, 0.3) is 11.6 Å². The topological polar surface area (TPSA) is 72.2 Å². The number of amides is 1. The summed E-state index contributed by atoms with van der Waals surface area (Å²) in [6.45, 7) is 0.115. The molecule has 0 saturated heterocycles. The highest BCUT2D eigenvalue weighted by Crippen LogP contribution is 2.20. The number of nitro benzene ring substituents is 1. The summed E-state index contributed by atoms with van der Waals surface area (Å²) in [7, 11) is 0. The van der Waals surface area contributed by atoms with E-state index in [-0.39, 0.29) is 22.3 Å². The highest BCUT2D eigenvalue weighted by Gasteiger charge is 2.13. The van der Waals surface area contributed by atoms with Gasteiger partial charge < -0.3 is 5.32 Å². The third kappa shape index (κ3) is 3.63. The van der Waals surface area contributed by atoms with Crippen LogP contribution in [0.2, 0.25) is 0 Å². The van der Waals surface area contributed by atoms with E-state index in [0.717, 1.165) is 0 Å². The lowest BCUT2D eigenvalue weighted by Gasteiger charge is -2.07. The Bertz CT molecular complexity index is 706. The Morgan fingerprint density at radius 2 is 2.00 bits per heavy atom. The molecule has 0 fully saturated rings. The molecule has 0 unspecified atom stereocenters. The van der Waals surface area contributed by atoms with Crippen molar-refractivity contribution in [2.75, 3.05) is 0 Å². The molecule has 2 aromatic rings. The van der Waals surface area contributed by atoms with Crippen LogP contribution in [-0.2, 0) is 6.54 Å². The maximum Gasteiger partial charge on any atom is 0.269 e. The van der Waals surface area contributed by atoms with Crippen molar-refractivity contribution >= 4 is 27.5 Å². The number of non-ortho nitro benzene ring substituents is 1. The first kappa shape index (κ1) is 15.1. The average Bonchev–Trinajstić information content (AvgIpc) is 2.48. The van der Waals surface area contributed by atoms with E-state index in [1.165, 1.54) is 36.4 Å². The standard InChI is InChI=1S/C14H10BrFN2O3/c15-13-11(5-2-6-12(13)16)14(19)17-8-9-3-1-4-10(7-9)18(20)21/h1-7H,8H2,(H,17,19). The molecule has 21 heavy (non-hydrogen) atoms. The van der Waals surface area contributed by atoms with Gasteiger partial charge in [0.1, 0.15) is 5.82 Å². The van der Waals surface area contributed by atoms with Crippen LogP contribution in [0, 0.1) is 15.9 Å². The summed E-state index contributed by atoms with van der Waals surface area (Å²) in [5, 5.41) is 13.3.